The zero-order valence-corrected chi connectivity index (χ0v) is 24.4. The van der Waals surface area contributed by atoms with E-state index in [4.69, 9.17) is 42.4 Å². The van der Waals surface area contributed by atoms with E-state index < -0.39 is 55.3 Å². The van der Waals surface area contributed by atoms with Crippen molar-refractivity contribution < 1.29 is 60.5 Å². The van der Waals surface area contributed by atoms with Gasteiger partial charge in [0.2, 0.25) is 0 Å². The van der Waals surface area contributed by atoms with Gasteiger partial charge in [-0.25, -0.2) is 0 Å². The fourth-order valence-corrected chi connectivity index (χ4v) is 4.46. The van der Waals surface area contributed by atoms with Gasteiger partial charge in [0.05, 0.1) is 37.1 Å². The lowest BCUT2D eigenvalue weighted by Gasteiger charge is -2.35. The van der Waals surface area contributed by atoms with Crippen molar-refractivity contribution in [1.82, 2.24) is 10.6 Å². The van der Waals surface area contributed by atoms with Gasteiger partial charge in [0.25, 0.3) is 0 Å². The van der Waals surface area contributed by atoms with Crippen LogP contribution in [0.1, 0.15) is 38.5 Å². The molecule has 17 heteroatoms. The van der Waals surface area contributed by atoms with Crippen LogP contribution < -0.4 is 27.8 Å². The fraction of sp³-hybridized carbons (Fsp3) is 1.00. The van der Waals surface area contributed by atoms with Gasteiger partial charge in [-0.2, -0.15) is 0 Å². The van der Waals surface area contributed by atoms with Crippen LogP contribution in [0.15, 0.2) is 0 Å². The molecule has 0 aromatic rings. The quantitative estimate of drug-likeness (QED) is 0.108. The van der Waals surface area contributed by atoms with Gasteiger partial charge >= 0.3 is 0 Å². The molecular formula is C25H57N5O12. The molecule has 17 nitrogen and oxygen atoms in total. The number of nitrogens with two attached hydrogens (primary N) is 3. The van der Waals surface area contributed by atoms with Crippen LogP contribution in [0, 0.1) is 0 Å². The van der Waals surface area contributed by atoms with Crippen LogP contribution in [0.4, 0.5) is 0 Å². The smallest absolute Gasteiger partial charge is 0.181 e. The molecule has 10 unspecified atom stereocenters. The van der Waals surface area contributed by atoms with Crippen molar-refractivity contribution in [1.29, 1.82) is 0 Å². The summed E-state index contributed by atoms with van der Waals surface area (Å²) in [7, 11) is 1.00. The van der Waals surface area contributed by atoms with Crippen LogP contribution in [0.3, 0.4) is 0 Å². The molecule has 3 aliphatic rings. The molecule has 2 heterocycles. The zero-order chi connectivity index (χ0) is 32.2. The van der Waals surface area contributed by atoms with Crippen molar-refractivity contribution in [2.45, 2.75) is 112 Å². The van der Waals surface area contributed by atoms with E-state index in [2.05, 4.69) is 15.4 Å². The Bertz CT molecular complexity index is 639. The monoisotopic (exact) mass is 619 g/mol. The van der Waals surface area contributed by atoms with E-state index in [9.17, 15) is 30.6 Å². The summed E-state index contributed by atoms with van der Waals surface area (Å²) in [6, 6.07) is 0.265. The Morgan fingerprint density at radius 3 is 2.02 bits per heavy atom. The maximum atomic E-state index is 9.62. The predicted octanol–water partition coefficient (Wildman–Crippen LogP) is -6.69. The van der Waals surface area contributed by atoms with Gasteiger partial charge in [0, 0.05) is 58.2 Å². The third-order valence-electron chi connectivity index (χ3n) is 6.71. The van der Waals surface area contributed by atoms with Gasteiger partial charge in [0.1, 0.15) is 18.3 Å². The lowest BCUT2D eigenvalue weighted by atomic mass is 9.89. The van der Waals surface area contributed by atoms with Crippen LogP contribution in [0.5, 0.6) is 0 Å². The SMILES string of the molecule is CO.NCC(O)CNC1CC(N)CC(O)C1.NCCC(O)CNCC1O[C@H](O)CC(O)[C@@H]1O.OC1COC(O)C(O)C1. The number of aliphatic hydroxyl groups is 10. The largest absolute Gasteiger partial charge is 0.400 e. The second kappa shape index (κ2) is 23.7. The molecule has 2 saturated heterocycles. The van der Waals surface area contributed by atoms with Gasteiger partial charge in [-0.15, -0.1) is 0 Å². The zero-order valence-electron chi connectivity index (χ0n) is 24.4. The molecule has 0 amide bonds. The van der Waals surface area contributed by atoms with E-state index in [0.29, 0.717) is 38.9 Å². The van der Waals surface area contributed by atoms with Crippen LogP contribution in [0.25, 0.3) is 0 Å². The number of nitrogens with one attached hydrogen (secondary N) is 2. The minimum atomic E-state index is -1.12. The summed E-state index contributed by atoms with van der Waals surface area (Å²) in [6.07, 6.45) is -4.87. The minimum absolute atomic E-state index is 0.00741. The minimum Gasteiger partial charge on any atom is -0.400 e. The highest BCUT2D eigenvalue weighted by Crippen LogP contribution is 2.19. The fourth-order valence-electron chi connectivity index (χ4n) is 4.46. The average molecular weight is 620 g/mol. The maximum Gasteiger partial charge on any atom is 0.181 e. The summed E-state index contributed by atoms with van der Waals surface area (Å²) in [4.78, 5) is 0. The molecule has 1 saturated carbocycles. The first-order valence-electron chi connectivity index (χ1n) is 14.3. The second-order valence-electron chi connectivity index (χ2n) is 10.6. The normalized spacial score (nSPS) is 36.1. The summed E-state index contributed by atoms with van der Waals surface area (Å²) in [5, 5.41) is 95.8. The molecular weight excluding hydrogens is 562 g/mol. The van der Waals surface area contributed by atoms with Gasteiger partial charge in [0.15, 0.2) is 12.6 Å². The van der Waals surface area contributed by atoms with E-state index in [0.717, 1.165) is 13.5 Å². The lowest BCUT2D eigenvalue weighted by molar-refractivity contribution is -0.230. The summed E-state index contributed by atoms with van der Waals surface area (Å²) in [5.41, 5.74) is 16.3. The highest BCUT2D eigenvalue weighted by atomic mass is 16.6. The Hall–Kier alpha value is -0.680. The van der Waals surface area contributed by atoms with Crippen molar-refractivity contribution >= 4 is 0 Å². The van der Waals surface area contributed by atoms with Crippen molar-refractivity contribution in [3.05, 3.63) is 0 Å². The van der Waals surface area contributed by atoms with Gasteiger partial charge in [-0.3, -0.25) is 0 Å². The molecule has 12 atom stereocenters. The van der Waals surface area contributed by atoms with Gasteiger partial charge < -0.3 is 88.4 Å². The maximum absolute atomic E-state index is 9.62. The number of aliphatic hydroxyl groups excluding tert-OH is 10. The molecule has 254 valence electrons. The molecule has 0 aromatic carbocycles. The Balaban J connectivity index is 0.000000606. The molecule has 1 aliphatic carbocycles. The molecule has 0 aromatic heterocycles. The van der Waals surface area contributed by atoms with E-state index in [-0.39, 0.29) is 50.7 Å². The van der Waals surface area contributed by atoms with Crippen molar-refractivity contribution in [3.63, 3.8) is 0 Å². The Kier molecular flexibility index (Phi) is 23.3. The van der Waals surface area contributed by atoms with Crippen LogP contribution in [-0.2, 0) is 9.47 Å². The number of hydrogen-bond donors (Lipinski definition) is 15. The molecule has 3 rings (SSSR count). The Morgan fingerprint density at radius 1 is 0.810 bits per heavy atom. The Labute approximate surface area is 247 Å². The van der Waals surface area contributed by atoms with E-state index >= 15 is 0 Å². The lowest BCUT2D eigenvalue weighted by Crippen LogP contribution is -2.52. The van der Waals surface area contributed by atoms with Crippen molar-refractivity contribution in [2.24, 2.45) is 17.2 Å². The summed E-state index contributed by atoms with van der Waals surface area (Å²) in [5.74, 6) is 0. The topological polar surface area (TPSA) is 323 Å². The van der Waals surface area contributed by atoms with Gasteiger partial charge in [-0.05, 0) is 32.2 Å². The van der Waals surface area contributed by atoms with Gasteiger partial charge in [-0.1, -0.05) is 0 Å². The highest BCUT2D eigenvalue weighted by Gasteiger charge is 2.35. The first-order valence-corrected chi connectivity index (χ1v) is 14.3. The summed E-state index contributed by atoms with van der Waals surface area (Å²) in [6.45, 7) is 1.82. The van der Waals surface area contributed by atoms with E-state index in [1.54, 1.807) is 0 Å². The molecule has 18 N–H and O–H groups in total. The Morgan fingerprint density at radius 2 is 1.48 bits per heavy atom. The number of hydrogen-bond acceptors (Lipinski definition) is 17. The summed E-state index contributed by atoms with van der Waals surface area (Å²) < 4.78 is 9.65. The molecule has 3 fully saturated rings. The van der Waals surface area contributed by atoms with Crippen LogP contribution >= 0.6 is 0 Å². The number of ether oxygens (including phenoxy) is 2. The first-order chi connectivity index (χ1) is 19.9. The molecule has 0 spiro atoms. The number of rotatable bonds is 10. The van der Waals surface area contributed by atoms with Crippen LogP contribution in [0.2, 0.25) is 0 Å². The van der Waals surface area contributed by atoms with Crippen molar-refractivity contribution in [2.75, 3.05) is 46.4 Å². The third kappa shape index (κ3) is 18.2. The molecule has 0 radical (unpaired) electrons. The summed E-state index contributed by atoms with van der Waals surface area (Å²) >= 11 is 0. The third-order valence-corrected chi connectivity index (χ3v) is 6.71. The predicted molar refractivity (Wildman–Crippen MR) is 151 cm³/mol. The first kappa shape index (κ1) is 41.3. The standard InChI is InChI=1S/C10H22N2O5.C9H21N3O2.C5H10O4.CH4O/c11-2-1-6(13)4-12-5-8-10(16)7(14)3-9(15)17-8;10-4-9(14)5-12-7-1-6(11)2-8(13)3-7;6-3-1-4(7)5(8)9-2-3;1-2/h6-10,12-16H,1-5,11H2;6-9,12-14H,1-5,10-11H2;3-8H,1-2H2;2H,1H3/t6?,7?,8?,9-,10-;;;/m0.../s1. The second-order valence-corrected chi connectivity index (χ2v) is 10.6. The molecule has 2 aliphatic heterocycles. The highest BCUT2D eigenvalue weighted by molar-refractivity contribution is 4.85. The average Bonchev–Trinajstić information content (AvgIpc) is 2.93. The van der Waals surface area contributed by atoms with E-state index in [1.807, 2.05) is 0 Å². The van der Waals surface area contributed by atoms with Crippen LogP contribution in [-0.4, -0.2) is 171 Å². The molecule has 42 heavy (non-hydrogen) atoms. The van der Waals surface area contributed by atoms with Crippen molar-refractivity contribution in [3.8, 4) is 0 Å². The molecule has 0 bridgehead atoms. The van der Waals surface area contributed by atoms with E-state index in [1.165, 1.54) is 0 Å².